The fraction of sp³-hybridized carbons (Fsp3) is 0.360. The number of hydrogen-bond acceptors (Lipinski definition) is 5. The maximum Gasteiger partial charge on any atom is 0.338 e. The van der Waals surface area contributed by atoms with Crippen molar-refractivity contribution in [2.75, 3.05) is 16.8 Å². The van der Waals surface area contributed by atoms with Gasteiger partial charge in [0.1, 0.15) is 0 Å². The van der Waals surface area contributed by atoms with Crippen molar-refractivity contribution in [1.82, 2.24) is 0 Å². The number of ether oxygens (including phenoxy) is 1. The Morgan fingerprint density at radius 3 is 2.47 bits per heavy atom. The molecule has 176 valence electrons. The molecule has 2 saturated carbocycles. The number of carbonyl (C=O) groups excluding carboxylic acids is 4. The van der Waals surface area contributed by atoms with Crippen LogP contribution in [0.15, 0.2) is 40.9 Å². The predicted molar refractivity (Wildman–Crippen MR) is 130 cm³/mol. The summed E-state index contributed by atoms with van der Waals surface area (Å²) < 4.78 is 5.87. The van der Waals surface area contributed by atoms with Gasteiger partial charge >= 0.3 is 5.97 Å². The highest BCUT2D eigenvalue weighted by atomic mass is 79.9. The number of esters is 1. The molecule has 3 amide bonds. The van der Waals surface area contributed by atoms with Gasteiger partial charge in [0.05, 0.1) is 28.1 Å². The molecular weight excluding hydrogens is 524 g/mol. The topological polar surface area (TPSA) is 92.8 Å². The van der Waals surface area contributed by atoms with Crippen LogP contribution < -0.4 is 10.2 Å². The van der Waals surface area contributed by atoms with Crippen LogP contribution in [0, 0.1) is 30.6 Å². The van der Waals surface area contributed by atoms with Crippen LogP contribution >= 0.6 is 27.5 Å². The van der Waals surface area contributed by atoms with Crippen molar-refractivity contribution in [3.63, 3.8) is 0 Å². The number of imide groups is 1. The van der Waals surface area contributed by atoms with Gasteiger partial charge in [-0.2, -0.15) is 0 Å². The van der Waals surface area contributed by atoms with Gasteiger partial charge in [0.15, 0.2) is 6.61 Å². The lowest BCUT2D eigenvalue weighted by molar-refractivity contribution is -0.123. The molecule has 1 heterocycles. The zero-order valence-corrected chi connectivity index (χ0v) is 20.7. The number of benzene rings is 2. The number of nitrogens with one attached hydrogen (secondary N) is 1. The largest absolute Gasteiger partial charge is 0.452 e. The second-order valence-corrected chi connectivity index (χ2v) is 10.3. The van der Waals surface area contributed by atoms with Gasteiger partial charge in [-0.05, 0) is 89.8 Å². The number of amides is 3. The lowest BCUT2D eigenvalue weighted by atomic mass is 9.81. The van der Waals surface area contributed by atoms with E-state index in [9.17, 15) is 19.2 Å². The van der Waals surface area contributed by atoms with Crippen LogP contribution in [0.5, 0.6) is 0 Å². The lowest BCUT2D eigenvalue weighted by Gasteiger charge is -2.19. The molecule has 9 heteroatoms. The van der Waals surface area contributed by atoms with E-state index in [2.05, 4.69) is 21.2 Å². The Kier molecular flexibility index (Phi) is 5.98. The summed E-state index contributed by atoms with van der Waals surface area (Å²) >= 11 is 9.50. The first-order chi connectivity index (χ1) is 16.3. The summed E-state index contributed by atoms with van der Waals surface area (Å²) in [5.74, 6) is -1.48. The first-order valence-corrected chi connectivity index (χ1v) is 12.3. The molecule has 34 heavy (non-hydrogen) atoms. The van der Waals surface area contributed by atoms with Crippen molar-refractivity contribution in [2.24, 2.45) is 23.7 Å². The van der Waals surface area contributed by atoms with Crippen LogP contribution in [0.3, 0.4) is 0 Å². The van der Waals surface area contributed by atoms with Gasteiger partial charge in [-0.3, -0.25) is 19.3 Å². The third-order valence-electron chi connectivity index (χ3n) is 7.22. The van der Waals surface area contributed by atoms with E-state index in [1.54, 1.807) is 31.2 Å². The van der Waals surface area contributed by atoms with Crippen molar-refractivity contribution in [3.8, 4) is 0 Å². The van der Waals surface area contributed by atoms with E-state index in [1.165, 1.54) is 17.0 Å². The fourth-order valence-electron chi connectivity index (χ4n) is 5.62. The monoisotopic (exact) mass is 544 g/mol. The van der Waals surface area contributed by atoms with E-state index in [0.29, 0.717) is 26.4 Å². The van der Waals surface area contributed by atoms with Gasteiger partial charge in [-0.1, -0.05) is 17.7 Å². The summed E-state index contributed by atoms with van der Waals surface area (Å²) in [4.78, 5) is 52.2. The van der Waals surface area contributed by atoms with E-state index in [-0.39, 0.29) is 41.0 Å². The highest BCUT2D eigenvalue weighted by molar-refractivity contribution is 9.10. The molecule has 2 aliphatic carbocycles. The highest BCUT2D eigenvalue weighted by Crippen LogP contribution is 2.56. The number of carbonyl (C=O) groups is 4. The standard InChI is InChI=1S/C25H22BrClN2O5/c1-12-18(8-7-17(26)22(12)27)28-19(30)11-34-25(33)15-3-2-4-16(10-15)29-23(31)20-13-5-6-14(9-13)21(20)24(29)32/h2-4,7-8,10,13-14,20-21H,5-6,9,11H2,1H3,(H,28,30)/t13-,14-,20-,21-/m0/s1. The smallest absolute Gasteiger partial charge is 0.338 e. The molecule has 1 N–H and O–H groups in total. The normalized spacial score (nSPS) is 25.0. The highest BCUT2D eigenvalue weighted by Gasteiger charge is 2.61. The Bertz CT molecular complexity index is 1200. The number of fused-ring (bicyclic) bond motifs is 5. The SMILES string of the molecule is Cc1c(NC(=O)COC(=O)c2cccc(N3C(=O)[C@H]4[C@H]5CC[C@@H](C5)[C@@H]4C3=O)c2)ccc(Br)c1Cl. The first-order valence-electron chi connectivity index (χ1n) is 11.2. The summed E-state index contributed by atoms with van der Waals surface area (Å²) in [5.41, 5.74) is 1.72. The molecule has 3 aliphatic rings. The minimum atomic E-state index is -0.720. The van der Waals surface area contributed by atoms with Crippen LogP contribution in [0.25, 0.3) is 0 Å². The molecule has 0 radical (unpaired) electrons. The molecule has 5 rings (SSSR count). The molecule has 3 fully saturated rings. The zero-order chi connectivity index (χ0) is 24.1. The Balaban J connectivity index is 1.25. The number of halogens is 2. The van der Waals surface area contributed by atoms with Gasteiger partial charge in [-0.15, -0.1) is 0 Å². The molecule has 1 aliphatic heterocycles. The van der Waals surface area contributed by atoms with Gasteiger partial charge in [0.2, 0.25) is 11.8 Å². The predicted octanol–water partition coefficient (Wildman–Crippen LogP) is 4.74. The molecular formula is C25H22BrClN2O5. The number of hydrogen-bond donors (Lipinski definition) is 1. The average molecular weight is 546 g/mol. The van der Waals surface area contributed by atoms with E-state index in [1.807, 2.05) is 0 Å². The van der Waals surface area contributed by atoms with Crippen LogP contribution in [-0.4, -0.2) is 30.3 Å². The van der Waals surface area contributed by atoms with Crippen LogP contribution in [-0.2, 0) is 19.1 Å². The molecule has 2 bridgehead atoms. The Hall–Kier alpha value is -2.71. The summed E-state index contributed by atoms with van der Waals surface area (Å²) in [7, 11) is 0. The summed E-state index contributed by atoms with van der Waals surface area (Å²) in [5, 5.41) is 3.15. The Morgan fingerprint density at radius 1 is 1.12 bits per heavy atom. The second kappa shape index (κ2) is 8.82. The van der Waals surface area contributed by atoms with Crippen LogP contribution in [0.1, 0.15) is 35.2 Å². The van der Waals surface area contributed by atoms with Crippen molar-refractivity contribution in [1.29, 1.82) is 0 Å². The number of anilines is 2. The van der Waals surface area contributed by atoms with Crippen LogP contribution in [0.2, 0.25) is 5.02 Å². The third kappa shape index (κ3) is 3.82. The fourth-order valence-corrected chi connectivity index (χ4v) is 6.22. The average Bonchev–Trinajstić information content (AvgIpc) is 3.51. The minimum Gasteiger partial charge on any atom is -0.452 e. The van der Waals surface area contributed by atoms with Gasteiger partial charge in [0.25, 0.3) is 5.91 Å². The summed E-state index contributed by atoms with van der Waals surface area (Å²) in [6.07, 6.45) is 2.96. The Labute approximate surface area is 209 Å². The van der Waals surface area contributed by atoms with E-state index in [4.69, 9.17) is 16.3 Å². The molecule has 0 unspecified atom stereocenters. The molecule has 1 saturated heterocycles. The number of nitrogens with zero attached hydrogens (tertiary/aromatic N) is 1. The zero-order valence-electron chi connectivity index (χ0n) is 18.3. The van der Waals surface area contributed by atoms with Crippen molar-refractivity contribution in [2.45, 2.75) is 26.2 Å². The maximum absolute atomic E-state index is 13.1. The van der Waals surface area contributed by atoms with Gasteiger partial charge in [0, 0.05) is 10.2 Å². The van der Waals surface area contributed by atoms with Gasteiger partial charge < -0.3 is 10.1 Å². The first kappa shape index (κ1) is 23.1. The van der Waals surface area contributed by atoms with E-state index >= 15 is 0 Å². The van der Waals surface area contributed by atoms with Crippen molar-refractivity contribution < 1.29 is 23.9 Å². The molecule has 2 aromatic carbocycles. The maximum atomic E-state index is 13.1. The molecule has 0 spiro atoms. The van der Waals surface area contributed by atoms with Crippen molar-refractivity contribution >= 4 is 62.6 Å². The van der Waals surface area contributed by atoms with E-state index < -0.39 is 18.5 Å². The molecule has 4 atom stereocenters. The summed E-state index contributed by atoms with van der Waals surface area (Å²) in [6, 6.07) is 9.64. The lowest BCUT2D eigenvalue weighted by Crippen LogP contribution is -2.32. The summed E-state index contributed by atoms with van der Waals surface area (Å²) in [6.45, 7) is 1.27. The number of rotatable bonds is 5. The molecule has 7 nitrogen and oxygen atoms in total. The minimum absolute atomic E-state index is 0.161. The third-order valence-corrected chi connectivity index (χ3v) is 8.59. The molecule has 0 aromatic heterocycles. The second-order valence-electron chi connectivity index (χ2n) is 9.11. The molecule has 2 aromatic rings. The Morgan fingerprint density at radius 2 is 1.79 bits per heavy atom. The van der Waals surface area contributed by atoms with E-state index in [0.717, 1.165) is 19.3 Å². The quantitative estimate of drug-likeness (QED) is 0.433. The van der Waals surface area contributed by atoms with Crippen molar-refractivity contribution in [3.05, 3.63) is 57.0 Å². The van der Waals surface area contributed by atoms with Crippen LogP contribution in [0.4, 0.5) is 11.4 Å². The van der Waals surface area contributed by atoms with Gasteiger partial charge in [-0.25, -0.2) is 4.79 Å².